The molecular formula is C26H28ClF2N5O3. The van der Waals surface area contributed by atoms with Gasteiger partial charge < -0.3 is 24.3 Å². The minimum absolute atomic E-state index is 0.0382. The maximum Gasteiger partial charge on any atom is 0.261 e. The van der Waals surface area contributed by atoms with Gasteiger partial charge in [-0.3, -0.25) is 9.59 Å². The highest BCUT2D eigenvalue weighted by molar-refractivity contribution is 6.35. The number of aromatic nitrogens is 1. The Morgan fingerprint density at radius 3 is 2.51 bits per heavy atom. The van der Waals surface area contributed by atoms with Crippen LogP contribution in [-0.4, -0.2) is 96.5 Å². The molecular weight excluding hydrogens is 504 g/mol. The first-order valence-corrected chi connectivity index (χ1v) is 12.6. The van der Waals surface area contributed by atoms with Crippen molar-refractivity contribution >= 4 is 29.2 Å². The van der Waals surface area contributed by atoms with Gasteiger partial charge in [0.2, 0.25) is 5.91 Å². The minimum Gasteiger partial charge on any atom is -0.489 e. The van der Waals surface area contributed by atoms with Crippen LogP contribution >= 0.6 is 11.6 Å². The molecule has 2 aromatic rings. The molecule has 196 valence electrons. The van der Waals surface area contributed by atoms with Crippen molar-refractivity contribution in [1.82, 2.24) is 19.7 Å². The molecule has 37 heavy (non-hydrogen) atoms. The second-order valence-corrected chi connectivity index (χ2v) is 10.0. The molecule has 0 aliphatic carbocycles. The summed E-state index contributed by atoms with van der Waals surface area (Å²) in [6, 6.07) is 3.07. The number of carbonyl (C=O) groups is 2. The second-order valence-electron chi connectivity index (χ2n) is 9.66. The Balaban J connectivity index is 1.67. The standard InChI is InChI=1S/C26H28ClF2N5O3/c1-4-19(35)32-9-11-34-16(13-32)14-37-24-21(26(34)36)25(33-10-8-31(3)12-15(33)2)30-23(22(24)27)20-17(28)6-5-7-18(20)29/h4-7,15-16H,1,8-14H2,2-3H3/t15-,16+/m0/s1. The summed E-state index contributed by atoms with van der Waals surface area (Å²) in [7, 11) is 2.01. The van der Waals surface area contributed by atoms with Crippen molar-refractivity contribution < 1.29 is 23.1 Å². The number of nitrogens with zero attached hydrogens (tertiary/aromatic N) is 5. The maximum absolute atomic E-state index is 14.9. The molecule has 8 nitrogen and oxygen atoms in total. The Labute approximate surface area is 219 Å². The highest BCUT2D eigenvalue weighted by atomic mass is 35.5. The zero-order valence-corrected chi connectivity index (χ0v) is 21.5. The van der Waals surface area contributed by atoms with Crippen LogP contribution in [0.25, 0.3) is 11.3 Å². The third kappa shape index (κ3) is 4.42. The molecule has 11 heteroatoms. The van der Waals surface area contributed by atoms with E-state index in [0.29, 0.717) is 32.7 Å². The quantitative estimate of drug-likeness (QED) is 0.567. The lowest BCUT2D eigenvalue weighted by atomic mass is 10.0. The molecule has 4 heterocycles. The van der Waals surface area contributed by atoms with Crippen LogP contribution < -0.4 is 9.64 Å². The molecule has 0 unspecified atom stereocenters. The van der Waals surface area contributed by atoms with E-state index in [-0.39, 0.29) is 64.4 Å². The number of carbonyl (C=O) groups excluding carboxylic acids is 2. The predicted octanol–water partition coefficient (Wildman–Crippen LogP) is 3.05. The van der Waals surface area contributed by atoms with Gasteiger partial charge in [-0.25, -0.2) is 13.8 Å². The molecule has 3 aliphatic rings. The Morgan fingerprint density at radius 2 is 1.84 bits per heavy atom. The summed E-state index contributed by atoms with van der Waals surface area (Å²) in [4.78, 5) is 38.3. The van der Waals surface area contributed by atoms with Gasteiger partial charge in [-0.2, -0.15) is 0 Å². The van der Waals surface area contributed by atoms with E-state index in [2.05, 4.69) is 16.5 Å². The van der Waals surface area contributed by atoms with E-state index in [4.69, 9.17) is 16.3 Å². The molecule has 5 rings (SSSR count). The smallest absolute Gasteiger partial charge is 0.261 e. The number of hydrogen-bond donors (Lipinski definition) is 0. The fourth-order valence-corrected chi connectivity index (χ4v) is 5.61. The number of hydrogen-bond acceptors (Lipinski definition) is 6. The number of fused-ring (bicyclic) bond motifs is 2. The third-order valence-corrected chi connectivity index (χ3v) is 7.59. The van der Waals surface area contributed by atoms with Crippen molar-refractivity contribution in [3.8, 4) is 17.0 Å². The zero-order valence-electron chi connectivity index (χ0n) is 20.7. The van der Waals surface area contributed by atoms with Gasteiger partial charge in [0, 0.05) is 45.3 Å². The Morgan fingerprint density at radius 1 is 1.14 bits per heavy atom. The lowest BCUT2D eigenvalue weighted by molar-refractivity contribution is -0.128. The molecule has 1 aromatic carbocycles. The number of ether oxygens (including phenoxy) is 1. The van der Waals surface area contributed by atoms with Gasteiger partial charge >= 0.3 is 0 Å². The first-order chi connectivity index (χ1) is 17.7. The van der Waals surface area contributed by atoms with Crippen LogP contribution in [0, 0.1) is 11.6 Å². The molecule has 2 amide bonds. The molecule has 0 bridgehead atoms. The first-order valence-electron chi connectivity index (χ1n) is 12.2. The van der Waals surface area contributed by atoms with Crippen molar-refractivity contribution in [2.75, 3.05) is 57.8 Å². The molecule has 2 atom stereocenters. The lowest BCUT2D eigenvalue weighted by Gasteiger charge is -2.41. The Hall–Kier alpha value is -3.24. The molecule has 2 saturated heterocycles. The molecule has 0 spiro atoms. The summed E-state index contributed by atoms with van der Waals surface area (Å²) < 4.78 is 35.9. The molecule has 0 N–H and O–H groups in total. The van der Waals surface area contributed by atoms with Gasteiger partial charge in [-0.05, 0) is 32.2 Å². The van der Waals surface area contributed by atoms with Crippen molar-refractivity contribution in [3.63, 3.8) is 0 Å². The van der Waals surface area contributed by atoms with Gasteiger partial charge in [-0.15, -0.1) is 0 Å². The Kier molecular flexibility index (Phi) is 6.80. The maximum atomic E-state index is 14.9. The number of anilines is 1. The van der Waals surface area contributed by atoms with Gasteiger partial charge in [-0.1, -0.05) is 24.2 Å². The monoisotopic (exact) mass is 531 g/mol. The fourth-order valence-electron chi connectivity index (χ4n) is 5.33. The predicted molar refractivity (Wildman–Crippen MR) is 136 cm³/mol. The summed E-state index contributed by atoms with van der Waals surface area (Å²) >= 11 is 6.72. The lowest BCUT2D eigenvalue weighted by Crippen LogP contribution is -2.57. The highest BCUT2D eigenvalue weighted by Crippen LogP contribution is 2.45. The van der Waals surface area contributed by atoms with Crippen molar-refractivity contribution in [2.45, 2.75) is 19.0 Å². The average molecular weight is 532 g/mol. The van der Waals surface area contributed by atoms with Crippen LogP contribution in [0.5, 0.6) is 5.75 Å². The highest BCUT2D eigenvalue weighted by Gasteiger charge is 2.41. The van der Waals surface area contributed by atoms with Crippen LogP contribution in [0.2, 0.25) is 5.02 Å². The molecule has 1 aromatic heterocycles. The van der Waals surface area contributed by atoms with E-state index in [9.17, 15) is 18.4 Å². The summed E-state index contributed by atoms with van der Waals surface area (Å²) in [6.45, 7) is 8.50. The summed E-state index contributed by atoms with van der Waals surface area (Å²) in [6.07, 6.45) is 1.24. The van der Waals surface area contributed by atoms with E-state index < -0.39 is 17.7 Å². The molecule has 3 aliphatic heterocycles. The number of benzene rings is 1. The summed E-state index contributed by atoms with van der Waals surface area (Å²) in [5.74, 6) is -1.85. The topological polar surface area (TPSA) is 69.2 Å². The zero-order chi connectivity index (χ0) is 26.4. The van der Waals surface area contributed by atoms with Crippen LogP contribution in [0.3, 0.4) is 0 Å². The number of pyridine rings is 1. The van der Waals surface area contributed by atoms with Gasteiger partial charge in [0.1, 0.15) is 40.3 Å². The van der Waals surface area contributed by atoms with Gasteiger partial charge in [0.15, 0.2) is 5.75 Å². The largest absolute Gasteiger partial charge is 0.489 e. The van der Waals surface area contributed by atoms with Crippen molar-refractivity contribution in [2.24, 2.45) is 0 Å². The van der Waals surface area contributed by atoms with Crippen molar-refractivity contribution in [1.29, 1.82) is 0 Å². The van der Waals surface area contributed by atoms with Crippen LogP contribution in [0.15, 0.2) is 30.9 Å². The Bertz CT molecular complexity index is 1260. The number of rotatable bonds is 3. The van der Waals surface area contributed by atoms with Crippen LogP contribution in [0.1, 0.15) is 17.3 Å². The van der Waals surface area contributed by atoms with E-state index in [1.54, 1.807) is 9.80 Å². The molecule has 0 radical (unpaired) electrons. The summed E-state index contributed by atoms with van der Waals surface area (Å²) in [5, 5.41) is -0.128. The number of likely N-dealkylation sites (N-methyl/N-ethyl adjacent to an activating group) is 1. The van der Waals surface area contributed by atoms with Crippen molar-refractivity contribution in [3.05, 3.63) is 53.1 Å². The normalized spacial score (nSPS) is 22.2. The van der Waals surface area contributed by atoms with Crippen LogP contribution in [-0.2, 0) is 4.79 Å². The average Bonchev–Trinajstić information content (AvgIpc) is 3.01. The number of piperazine rings is 2. The second kappa shape index (κ2) is 9.90. The summed E-state index contributed by atoms with van der Waals surface area (Å²) in [5.41, 5.74) is -0.319. The number of amides is 2. The van der Waals surface area contributed by atoms with Gasteiger partial charge in [0.05, 0.1) is 11.6 Å². The number of halogens is 3. The first kappa shape index (κ1) is 25.4. The van der Waals surface area contributed by atoms with Gasteiger partial charge in [0.25, 0.3) is 5.91 Å². The van der Waals surface area contributed by atoms with E-state index in [1.165, 1.54) is 12.1 Å². The molecule has 0 saturated carbocycles. The van der Waals surface area contributed by atoms with E-state index >= 15 is 0 Å². The van der Waals surface area contributed by atoms with E-state index in [1.807, 2.05) is 18.9 Å². The SMILES string of the molecule is C=CC(=O)N1CCN2C(=O)c3c(N4CCN(C)C[C@@H]4C)nc(-c4c(F)cccc4F)c(Cl)c3OC[C@H]2C1. The fraction of sp³-hybridized carbons (Fsp3) is 0.423. The third-order valence-electron chi connectivity index (χ3n) is 7.24. The van der Waals surface area contributed by atoms with E-state index in [0.717, 1.165) is 12.1 Å². The molecule has 2 fully saturated rings. The van der Waals surface area contributed by atoms with Crippen LogP contribution in [0.4, 0.5) is 14.6 Å². The minimum atomic E-state index is -0.817.